The van der Waals surface area contributed by atoms with Crippen LogP contribution in [0, 0.1) is 5.92 Å². The van der Waals surface area contributed by atoms with Gasteiger partial charge in [0.1, 0.15) is 6.04 Å². The summed E-state index contributed by atoms with van der Waals surface area (Å²) in [4.78, 5) is 24.8. The van der Waals surface area contributed by atoms with E-state index in [1.807, 2.05) is 34.6 Å². The van der Waals surface area contributed by atoms with Gasteiger partial charge in [0.25, 0.3) is 0 Å². The number of likely N-dealkylation sites (N-methyl/N-ethyl adjacent to an activating group) is 1. The van der Waals surface area contributed by atoms with Crippen molar-refractivity contribution in [2.75, 3.05) is 7.05 Å². The van der Waals surface area contributed by atoms with Crippen molar-refractivity contribution in [3.8, 4) is 0 Å². The first kappa shape index (κ1) is 14.9. The molecule has 0 aliphatic carbocycles. The van der Waals surface area contributed by atoms with Crippen LogP contribution in [0.4, 0.5) is 0 Å². The highest BCUT2D eigenvalue weighted by molar-refractivity contribution is 5.87. The van der Waals surface area contributed by atoms with Gasteiger partial charge < -0.3 is 10.2 Å². The molecule has 0 saturated heterocycles. The Morgan fingerprint density at radius 1 is 1.19 bits per heavy atom. The SMILES string of the molecule is CC(=O)N(C)C(C(=O)NC(C)(C)C)C(C)C. The van der Waals surface area contributed by atoms with Crippen LogP contribution in [0.1, 0.15) is 41.5 Å². The summed E-state index contributed by atoms with van der Waals surface area (Å²) in [6, 6.07) is -0.406. The highest BCUT2D eigenvalue weighted by Crippen LogP contribution is 2.11. The zero-order valence-corrected chi connectivity index (χ0v) is 11.4. The van der Waals surface area contributed by atoms with Gasteiger partial charge in [0, 0.05) is 19.5 Å². The molecule has 0 aromatic rings. The van der Waals surface area contributed by atoms with Crippen molar-refractivity contribution in [3.63, 3.8) is 0 Å². The van der Waals surface area contributed by atoms with Gasteiger partial charge in [-0.3, -0.25) is 9.59 Å². The van der Waals surface area contributed by atoms with Crippen molar-refractivity contribution in [2.45, 2.75) is 53.1 Å². The zero-order chi connectivity index (χ0) is 13.1. The summed E-state index contributed by atoms with van der Waals surface area (Å²) in [6.45, 7) is 11.1. The fraction of sp³-hybridized carbons (Fsp3) is 0.833. The maximum Gasteiger partial charge on any atom is 0.243 e. The van der Waals surface area contributed by atoms with E-state index in [1.165, 1.54) is 11.8 Å². The first-order chi connectivity index (χ1) is 7.06. The molecule has 0 heterocycles. The Labute approximate surface area is 98.4 Å². The van der Waals surface area contributed by atoms with E-state index in [0.717, 1.165) is 0 Å². The van der Waals surface area contributed by atoms with Crippen LogP contribution >= 0.6 is 0 Å². The summed E-state index contributed by atoms with van der Waals surface area (Å²) in [5, 5.41) is 2.90. The minimum absolute atomic E-state index is 0.0938. The summed E-state index contributed by atoms with van der Waals surface area (Å²) in [5.74, 6) is -0.0980. The van der Waals surface area contributed by atoms with E-state index in [1.54, 1.807) is 7.05 Å². The van der Waals surface area contributed by atoms with Crippen LogP contribution in [0.15, 0.2) is 0 Å². The van der Waals surface area contributed by atoms with Gasteiger partial charge in [-0.05, 0) is 26.7 Å². The molecule has 0 aliphatic rings. The fourth-order valence-electron chi connectivity index (χ4n) is 1.57. The van der Waals surface area contributed by atoms with Crippen molar-refractivity contribution in [1.29, 1.82) is 0 Å². The van der Waals surface area contributed by atoms with Gasteiger partial charge in [-0.2, -0.15) is 0 Å². The molecule has 0 bridgehead atoms. The van der Waals surface area contributed by atoms with Crippen LogP contribution in [0.3, 0.4) is 0 Å². The maximum absolute atomic E-state index is 12.0. The van der Waals surface area contributed by atoms with Crippen LogP contribution in [0.2, 0.25) is 0 Å². The molecular weight excluding hydrogens is 204 g/mol. The summed E-state index contributed by atoms with van der Waals surface area (Å²) in [5.41, 5.74) is -0.276. The average Bonchev–Trinajstić information content (AvgIpc) is 1.99. The van der Waals surface area contributed by atoms with Gasteiger partial charge in [0.2, 0.25) is 11.8 Å². The standard InChI is InChI=1S/C12H24N2O2/c1-8(2)10(14(7)9(3)15)11(16)13-12(4,5)6/h8,10H,1-7H3,(H,13,16). The van der Waals surface area contributed by atoms with Crippen molar-refractivity contribution in [1.82, 2.24) is 10.2 Å². The molecular formula is C12H24N2O2. The van der Waals surface area contributed by atoms with Gasteiger partial charge in [0.15, 0.2) is 0 Å². The Bertz CT molecular complexity index is 267. The van der Waals surface area contributed by atoms with E-state index in [-0.39, 0.29) is 23.3 Å². The van der Waals surface area contributed by atoms with Crippen LogP contribution < -0.4 is 5.32 Å². The lowest BCUT2D eigenvalue weighted by atomic mass is 10.00. The second kappa shape index (κ2) is 5.32. The first-order valence-electron chi connectivity index (χ1n) is 5.61. The third-order valence-corrected chi connectivity index (χ3v) is 2.31. The lowest BCUT2D eigenvalue weighted by molar-refractivity contribution is -0.139. The molecule has 0 aromatic heterocycles. The molecule has 0 rings (SSSR count). The number of hydrogen-bond donors (Lipinski definition) is 1. The molecule has 0 aliphatic heterocycles. The highest BCUT2D eigenvalue weighted by Gasteiger charge is 2.30. The first-order valence-corrected chi connectivity index (χ1v) is 5.61. The van der Waals surface area contributed by atoms with Crippen LogP contribution in [-0.4, -0.2) is 35.3 Å². The zero-order valence-electron chi connectivity index (χ0n) is 11.4. The van der Waals surface area contributed by atoms with Gasteiger partial charge in [-0.25, -0.2) is 0 Å². The van der Waals surface area contributed by atoms with Crippen molar-refractivity contribution in [3.05, 3.63) is 0 Å². The smallest absolute Gasteiger partial charge is 0.243 e. The van der Waals surface area contributed by atoms with E-state index in [4.69, 9.17) is 0 Å². The lowest BCUT2D eigenvalue weighted by Crippen LogP contribution is -2.54. The molecule has 94 valence electrons. The van der Waals surface area contributed by atoms with Crippen LogP contribution in [-0.2, 0) is 9.59 Å². The highest BCUT2D eigenvalue weighted by atomic mass is 16.2. The Morgan fingerprint density at radius 2 is 1.62 bits per heavy atom. The number of rotatable bonds is 3. The Kier molecular flexibility index (Phi) is 4.97. The quantitative estimate of drug-likeness (QED) is 0.794. The maximum atomic E-state index is 12.0. The van der Waals surface area contributed by atoms with Crippen molar-refractivity contribution in [2.24, 2.45) is 5.92 Å². The van der Waals surface area contributed by atoms with Crippen LogP contribution in [0.5, 0.6) is 0 Å². The monoisotopic (exact) mass is 228 g/mol. The Morgan fingerprint density at radius 3 is 1.88 bits per heavy atom. The molecule has 16 heavy (non-hydrogen) atoms. The number of carbonyl (C=O) groups excluding carboxylic acids is 2. The molecule has 1 N–H and O–H groups in total. The fourth-order valence-corrected chi connectivity index (χ4v) is 1.57. The molecule has 4 heteroatoms. The van der Waals surface area contributed by atoms with Gasteiger partial charge in [-0.15, -0.1) is 0 Å². The number of nitrogens with zero attached hydrogens (tertiary/aromatic N) is 1. The molecule has 0 aromatic carbocycles. The van der Waals surface area contributed by atoms with Crippen molar-refractivity contribution >= 4 is 11.8 Å². The predicted octanol–water partition coefficient (Wildman–Crippen LogP) is 1.40. The predicted molar refractivity (Wildman–Crippen MR) is 65.0 cm³/mol. The summed E-state index contributed by atoms with van der Waals surface area (Å²) in [7, 11) is 1.66. The van der Waals surface area contributed by atoms with E-state index >= 15 is 0 Å². The van der Waals surface area contributed by atoms with Gasteiger partial charge in [0.05, 0.1) is 0 Å². The van der Waals surface area contributed by atoms with Gasteiger partial charge >= 0.3 is 0 Å². The minimum atomic E-state index is -0.406. The second-order valence-corrected chi connectivity index (χ2v) is 5.56. The molecule has 0 radical (unpaired) electrons. The lowest BCUT2D eigenvalue weighted by Gasteiger charge is -2.32. The third kappa shape index (κ3) is 4.64. The van der Waals surface area contributed by atoms with E-state index in [2.05, 4.69) is 5.32 Å². The van der Waals surface area contributed by atoms with E-state index in [0.29, 0.717) is 0 Å². The largest absolute Gasteiger partial charge is 0.350 e. The molecule has 1 unspecified atom stereocenters. The van der Waals surface area contributed by atoms with Crippen molar-refractivity contribution < 1.29 is 9.59 Å². The van der Waals surface area contributed by atoms with E-state index < -0.39 is 6.04 Å². The molecule has 0 fully saturated rings. The summed E-state index contributed by atoms with van der Waals surface area (Å²) < 4.78 is 0. The number of amides is 2. The summed E-state index contributed by atoms with van der Waals surface area (Å²) in [6.07, 6.45) is 0. The molecule has 2 amide bonds. The second-order valence-electron chi connectivity index (χ2n) is 5.56. The average molecular weight is 228 g/mol. The van der Waals surface area contributed by atoms with Crippen LogP contribution in [0.25, 0.3) is 0 Å². The normalized spacial score (nSPS) is 13.5. The number of nitrogens with one attached hydrogen (secondary N) is 1. The summed E-state index contributed by atoms with van der Waals surface area (Å²) >= 11 is 0. The molecule has 4 nitrogen and oxygen atoms in total. The number of carbonyl (C=O) groups is 2. The van der Waals surface area contributed by atoms with Gasteiger partial charge in [-0.1, -0.05) is 13.8 Å². The minimum Gasteiger partial charge on any atom is -0.350 e. The Balaban J connectivity index is 4.80. The third-order valence-electron chi connectivity index (χ3n) is 2.31. The molecule has 0 spiro atoms. The molecule has 1 atom stereocenters. The Hall–Kier alpha value is -1.06. The molecule has 0 saturated carbocycles. The van der Waals surface area contributed by atoms with E-state index in [9.17, 15) is 9.59 Å². The number of hydrogen-bond acceptors (Lipinski definition) is 2. The topological polar surface area (TPSA) is 49.4 Å².